The van der Waals surface area contributed by atoms with E-state index < -0.39 is 4.92 Å². The minimum Gasteiger partial charge on any atom is -0.267 e. The summed E-state index contributed by atoms with van der Waals surface area (Å²) >= 11 is 0. The molecule has 0 radical (unpaired) electrons. The maximum absolute atomic E-state index is 11.6. The molecule has 0 aromatic heterocycles. The van der Waals surface area contributed by atoms with Gasteiger partial charge in [-0.3, -0.25) is 14.9 Å². The van der Waals surface area contributed by atoms with Crippen LogP contribution in [0, 0.1) is 17.0 Å². The molecule has 0 saturated carbocycles. The van der Waals surface area contributed by atoms with Gasteiger partial charge in [0.05, 0.1) is 4.92 Å². The van der Waals surface area contributed by atoms with Crippen molar-refractivity contribution in [2.75, 3.05) is 0 Å². The lowest BCUT2D eigenvalue weighted by Gasteiger charge is -2.02. The Morgan fingerprint density at radius 3 is 2.83 bits per heavy atom. The number of nitrogens with zero attached hydrogens (tertiary/aromatic N) is 2. The third kappa shape index (κ3) is 3.65. The number of nitrogens with one attached hydrogen (secondary N) is 1. The van der Waals surface area contributed by atoms with Gasteiger partial charge in [0.15, 0.2) is 0 Å². The molecule has 0 aliphatic carbocycles. The van der Waals surface area contributed by atoms with Gasteiger partial charge in [-0.1, -0.05) is 13.3 Å². The molecule has 0 atom stereocenters. The largest absolute Gasteiger partial charge is 0.272 e. The number of nitro groups is 1. The Morgan fingerprint density at radius 2 is 2.28 bits per heavy atom. The summed E-state index contributed by atoms with van der Waals surface area (Å²) in [6, 6.07) is 4.21. The number of unbranched alkanes of at least 4 members (excludes halogenated alkanes) is 1. The van der Waals surface area contributed by atoms with Crippen molar-refractivity contribution in [3.05, 3.63) is 39.4 Å². The molecule has 6 nitrogen and oxygen atoms in total. The van der Waals surface area contributed by atoms with Crippen molar-refractivity contribution in [1.82, 2.24) is 5.43 Å². The van der Waals surface area contributed by atoms with Crippen LogP contribution in [0.25, 0.3) is 0 Å². The van der Waals surface area contributed by atoms with Crippen LogP contribution >= 0.6 is 0 Å². The lowest BCUT2D eigenvalue weighted by Crippen LogP contribution is -2.17. The first-order valence-electron chi connectivity index (χ1n) is 5.63. The van der Waals surface area contributed by atoms with Gasteiger partial charge in [0.1, 0.15) is 0 Å². The fraction of sp³-hybridized carbons (Fsp3) is 0.333. The Kier molecular flexibility index (Phi) is 4.98. The normalized spacial score (nSPS) is 10.6. The standard InChI is InChI=1S/C12H15N3O3/c1-3-4-7-13-14-12(16)10-5-6-11(15(17)18)9(2)8-10/h5-8H,3-4H2,1-2H3,(H,14,16). The SMILES string of the molecule is CCCC=NNC(=O)c1ccc([N+](=O)[O-])c(C)c1. The van der Waals surface area contributed by atoms with Crippen LogP contribution < -0.4 is 5.43 Å². The zero-order chi connectivity index (χ0) is 13.5. The Labute approximate surface area is 105 Å². The van der Waals surface area contributed by atoms with Crippen LogP contribution in [-0.2, 0) is 0 Å². The van der Waals surface area contributed by atoms with Crippen molar-refractivity contribution in [1.29, 1.82) is 0 Å². The van der Waals surface area contributed by atoms with E-state index in [0.29, 0.717) is 11.1 Å². The van der Waals surface area contributed by atoms with Crippen LogP contribution in [0.2, 0.25) is 0 Å². The van der Waals surface area contributed by atoms with E-state index in [9.17, 15) is 14.9 Å². The highest BCUT2D eigenvalue weighted by molar-refractivity contribution is 5.94. The van der Waals surface area contributed by atoms with Gasteiger partial charge in [-0.25, -0.2) is 5.43 Å². The topological polar surface area (TPSA) is 84.6 Å². The van der Waals surface area contributed by atoms with Crippen molar-refractivity contribution in [3.8, 4) is 0 Å². The van der Waals surface area contributed by atoms with Crippen LogP contribution in [0.5, 0.6) is 0 Å². The molecule has 1 amide bonds. The third-order valence-corrected chi connectivity index (χ3v) is 2.33. The molecule has 0 heterocycles. The fourth-order valence-corrected chi connectivity index (χ4v) is 1.36. The van der Waals surface area contributed by atoms with Gasteiger partial charge in [-0.2, -0.15) is 5.10 Å². The van der Waals surface area contributed by atoms with E-state index >= 15 is 0 Å². The van der Waals surface area contributed by atoms with Gasteiger partial charge in [-0.05, 0) is 25.5 Å². The molecule has 18 heavy (non-hydrogen) atoms. The minimum absolute atomic E-state index is 0.000958. The molecule has 0 aliphatic rings. The fourth-order valence-electron chi connectivity index (χ4n) is 1.36. The highest BCUT2D eigenvalue weighted by Gasteiger charge is 2.13. The van der Waals surface area contributed by atoms with Crippen molar-refractivity contribution in [2.45, 2.75) is 26.7 Å². The first-order chi connectivity index (χ1) is 8.56. The molecule has 1 aromatic rings. The molecular weight excluding hydrogens is 234 g/mol. The van der Waals surface area contributed by atoms with Gasteiger partial charge in [-0.15, -0.1) is 0 Å². The zero-order valence-corrected chi connectivity index (χ0v) is 10.3. The van der Waals surface area contributed by atoms with E-state index in [0.717, 1.165) is 12.8 Å². The predicted octanol–water partition coefficient (Wildman–Crippen LogP) is 2.42. The Hall–Kier alpha value is -2.24. The van der Waals surface area contributed by atoms with E-state index in [1.165, 1.54) is 18.2 Å². The van der Waals surface area contributed by atoms with E-state index in [1.54, 1.807) is 13.1 Å². The molecule has 0 unspecified atom stereocenters. The summed E-state index contributed by atoms with van der Waals surface area (Å²) < 4.78 is 0. The quantitative estimate of drug-likeness (QED) is 0.494. The number of carbonyl (C=O) groups is 1. The average molecular weight is 249 g/mol. The Balaban J connectivity index is 2.75. The smallest absolute Gasteiger partial charge is 0.267 e. The van der Waals surface area contributed by atoms with E-state index in [1.807, 2.05) is 6.92 Å². The number of nitro benzene ring substituents is 1. The summed E-state index contributed by atoms with van der Waals surface area (Å²) in [7, 11) is 0. The minimum atomic E-state index is -0.476. The van der Waals surface area contributed by atoms with E-state index in [4.69, 9.17) is 0 Å². The molecule has 96 valence electrons. The van der Waals surface area contributed by atoms with Crippen molar-refractivity contribution >= 4 is 17.8 Å². The number of aryl methyl sites for hydroxylation is 1. The second kappa shape index (κ2) is 6.48. The lowest BCUT2D eigenvalue weighted by atomic mass is 10.1. The van der Waals surface area contributed by atoms with Crippen LogP contribution in [-0.4, -0.2) is 17.0 Å². The molecule has 0 fully saturated rings. The number of rotatable bonds is 5. The van der Waals surface area contributed by atoms with Gasteiger partial charge < -0.3 is 0 Å². The summed E-state index contributed by atoms with van der Waals surface area (Å²) in [5, 5.41) is 14.4. The van der Waals surface area contributed by atoms with Gasteiger partial charge in [0.25, 0.3) is 11.6 Å². The molecule has 0 aliphatic heterocycles. The third-order valence-electron chi connectivity index (χ3n) is 2.33. The monoisotopic (exact) mass is 249 g/mol. The molecule has 1 aromatic carbocycles. The first-order valence-corrected chi connectivity index (χ1v) is 5.63. The molecule has 0 bridgehead atoms. The molecular formula is C12H15N3O3. The van der Waals surface area contributed by atoms with Crippen LogP contribution in [0.4, 0.5) is 5.69 Å². The van der Waals surface area contributed by atoms with Crippen molar-refractivity contribution < 1.29 is 9.72 Å². The number of amides is 1. The average Bonchev–Trinajstić information content (AvgIpc) is 2.33. The summed E-state index contributed by atoms with van der Waals surface area (Å²) in [5.41, 5.74) is 3.17. The number of hydrogen-bond donors (Lipinski definition) is 1. The zero-order valence-electron chi connectivity index (χ0n) is 10.3. The van der Waals surface area contributed by atoms with Crippen molar-refractivity contribution in [3.63, 3.8) is 0 Å². The second-order valence-corrected chi connectivity index (χ2v) is 3.80. The number of hydrogen-bond acceptors (Lipinski definition) is 4. The highest BCUT2D eigenvalue weighted by Crippen LogP contribution is 2.18. The second-order valence-electron chi connectivity index (χ2n) is 3.80. The Bertz CT molecular complexity index is 483. The van der Waals surface area contributed by atoms with E-state index in [-0.39, 0.29) is 11.6 Å². The summed E-state index contributed by atoms with van der Waals surface area (Å²) in [6.45, 7) is 3.60. The summed E-state index contributed by atoms with van der Waals surface area (Å²) in [4.78, 5) is 21.8. The molecule has 1 rings (SSSR count). The number of benzene rings is 1. The van der Waals surface area contributed by atoms with E-state index in [2.05, 4.69) is 10.5 Å². The van der Waals surface area contributed by atoms with Gasteiger partial charge in [0, 0.05) is 23.4 Å². The Morgan fingerprint density at radius 1 is 1.56 bits per heavy atom. The van der Waals surface area contributed by atoms with Crippen LogP contribution in [0.3, 0.4) is 0 Å². The number of carbonyl (C=O) groups excluding carboxylic acids is 1. The molecule has 6 heteroatoms. The van der Waals surface area contributed by atoms with Crippen LogP contribution in [0.1, 0.15) is 35.7 Å². The van der Waals surface area contributed by atoms with Crippen LogP contribution in [0.15, 0.2) is 23.3 Å². The van der Waals surface area contributed by atoms with Gasteiger partial charge >= 0.3 is 0 Å². The highest BCUT2D eigenvalue weighted by atomic mass is 16.6. The maximum atomic E-state index is 11.6. The first kappa shape index (κ1) is 13.8. The summed E-state index contributed by atoms with van der Waals surface area (Å²) in [6.07, 6.45) is 3.37. The lowest BCUT2D eigenvalue weighted by molar-refractivity contribution is -0.385. The van der Waals surface area contributed by atoms with Gasteiger partial charge in [0.2, 0.25) is 0 Å². The maximum Gasteiger partial charge on any atom is 0.272 e. The molecule has 0 spiro atoms. The predicted molar refractivity (Wildman–Crippen MR) is 68.7 cm³/mol. The molecule has 1 N–H and O–H groups in total. The van der Waals surface area contributed by atoms with Crippen molar-refractivity contribution in [2.24, 2.45) is 5.10 Å². The molecule has 0 saturated heterocycles. The summed E-state index contributed by atoms with van der Waals surface area (Å²) in [5.74, 6) is -0.375. The number of hydrazone groups is 1.